The van der Waals surface area contributed by atoms with Crippen LogP contribution in [-0.2, 0) is 6.54 Å². The van der Waals surface area contributed by atoms with Gasteiger partial charge in [0.2, 0.25) is 0 Å². The maximum absolute atomic E-state index is 10.1. The summed E-state index contributed by atoms with van der Waals surface area (Å²) in [7, 11) is 0. The summed E-state index contributed by atoms with van der Waals surface area (Å²) in [5.41, 5.74) is 2.40. The van der Waals surface area contributed by atoms with Crippen LogP contribution in [0.2, 0.25) is 0 Å². The number of aliphatic hydroxyl groups is 1. The fourth-order valence-corrected chi connectivity index (χ4v) is 3.30. The lowest BCUT2D eigenvalue weighted by atomic mass is 10.1. The molecule has 142 valence electrons. The molecule has 0 aromatic heterocycles. The predicted octanol–water partition coefficient (Wildman–Crippen LogP) is 6.39. The Labute approximate surface area is 155 Å². The molecule has 0 aliphatic heterocycles. The van der Waals surface area contributed by atoms with E-state index in [1.54, 1.807) is 0 Å². The Kier molecular flexibility index (Phi) is 12.4. The van der Waals surface area contributed by atoms with E-state index in [2.05, 4.69) is 36.6 Å². The lowest BCUT2D eigenvalue weighted by Gasteiger charge is -2.26. The Morgan fingerprint density at radius 2 is 1.52 bits per heavy atom. The molecule has 1 rings (SSSR count). The largest absolute Gasteiger partial charge is 0.379 e. The SMILES string of the molecule is C=Cc1ccccc1CN(CCCCCCCCCCCC)C(C)O. The number of rotatable bonds is 15. The number of aliphatic hydroxyl groups excluding tert-OH is 1. The first-order valence-electron chi connectivity index (χ1n) is 10.3. The topological polar surface area (TPSA) is 23.5 Å². The molecular formula is C23H39NO. The third kappa shape index (κ3) is 9.81. The lowest BCUT2D eigenvalue weighted by molar-refractivity contribution is 0.0114. The molecule has 1 aromatic carbocycles. The first kappa shape index (κ1) is 21.9. The minimum atomic E-state index is -0.406. The van der Waals surface area contributed by atoms with Crippen molar-refractivity contribution < 1.29 is 5.11 Å². The monoisotopic (exact) mass is 345 g/mol. The minimum Gasteiger partial charge on any atom is -0.379 e. The van der Waals surface area contributed by atoms with E-state index in [1.165, 1.54) is 63.4 Å². The molecule has 0 aliphatic rings. The molecule has 0 heterocycles. The van der Waals surface area contributed by atoms with E-state index in [0.717, 1.165) is 25.1 Å². The molecular weight excluding hydrogens is 306 g/mol. The van der Waals surface area contributed by atoms with Gasteiger partial charge in [-0.05, 0) is 24.5 Å². The van der Waals surface area contributed by atoms with Gasteiger partial charge in [0, 0.05) is 13.1 Å². The Hall–Kier alpha value is -1.12. The zero-order valence-corrected chi connectivity index (χ0v) is 16.6. The average molecular weight is 346 g/mol. The summed E-state index contributed by atoms with van der Waals surface area (Å²) in [4.78, 5) is 2.16. The van der Waals surface area contributed by atoms with Crippen molar-refractivity contribution in [2.45, 2.75) is 90.8 Å². The van der Waals surface area contributed by atoms with Gasteiger partial charge in [-0.1, -0.05) is 102 Å². The van der Waals surface area contributed by atoms with Crippen LogP contribution in [0.5, 0.6) is 0 Å². The van der Waals surface area contributed by atoms with Gasteiger partial charge in [-0.3, -0.25) is 4.90 Å². The second kappa shape index (κ2) is 14.1. The van der Waals surface area contributed by atoms with Gasteiger partial charge >= 0.3 is 0 Å². The summed E-state index contributed by atoms with van der Waals surface area (Å²) in [5, 5.41) is 10.1. The molecule has 2 heteroatoms. The van der Waals surface area contributed by atoms with Crippen molar-refractivity contribution in [2.24, 2.45) is 0 Å². The maximum Gasteiger partial charge on any atom is 0.104 e. The third-order valence-electron chi connectivity index (χ3n) is 4.98. The van der Waals surface area contributed by atoms with Crippen molar-refractivity contribution in [2.75, 3.05) is 6.54 Å². The first-order chi connectivity index (χ1) is 12.2. The van der Waals surface area contributed by atoms with Crippen LogP contribution in [-0.4, -0.2) is 22.8 Å². The number of unbranched alkanes of at least 4 members (excludes halogenated alkanes) is 9. The summed E-state index contributed by atoms with van der Waals surface area (Å²) in [6.07, 6.45) is 14.9. The number of hydrogen-bond acceptors (Lipinski definition) is 2. The van der Waals surface area contributed by atoms with E-state index in [0.29, 0.717) is 0 Å². The Balaban J connectivity index is 2.20. The molecule has 0 amide bonds. The molecule has 0 fully saturated rings. The summed E-state index contributed by atoms with van der Waals surface area (Å²) >= 11 is 0. The van der Waals surface area contributed by atoms with Crippen molar-refractivity contribution in [3.05, 3.63) is 42.0 Å². The van der Waals surface area contributed by atoms with Crippen LogP contribution in [0.3, 0.4) is 0 Å². The summed E-state index contributed by atoms with van der Waals surface area (Å²) < 4.78 is 0. The van der Waals surface area contributed by atoms with E-state index in [9.17, 15) is 5.11 Å². The lowest BCUT2D eigenvalue weighted by Crippen LogP contribution is -2.33. The molecule has 2 nitrogen and oxygen atoms in total. The molecule has 1 atom stereocenters. The second-order valence-corrected chi connectivity index (χ2v) is 7.19. The van der Waals surface area contributed by atoms with Crippen LogP contribution >= 0.6 is 0 Å². The average Bonchev–Trinajstić information content (AvgIpc) is 2.62. The van der Waals surface area contributed by atoms with Crippen LogP contribution in [0, 0.1) is 0 Å². The zero-order valence-electron chi connectivity index (χ0n) is 16.6. The van der Waals surface area contributed by atoms with Gasteiger partial charge < -0.3 is 5.11 Å². The molecule has 0 aliphatic carbocycles. The van der Waals surface area contributed by atoms with Crippen molar-refractivity contribution in [3.63, 3.8) is 0 Å². The zero-order chi connectivity index (χ0) is 18.3. The normalized spacial score (nSPS) is 12.5. The quantitative estimate of drug-likeness (QED) is 0.294. The van der Waals surface area contributed by atoms with E-state index in [4.69, 9.17) is 0 Å². The van der Waals surface area contributed by atoms with E-state index in [-0.39, 0.29) is 0 Å². The number of benzene rings is 1. The maximum atomic E-state index is 10.1. The van der Waals surface area contributed by atoms with Crippen LogP contribution < -0.4 is 0 Å². The summed E-state index contributed by atoms with van der Waals surface area (Å²) in [6.45, 7) is 9.78. The van der Waals surface area contributed by atoms with Gasteiger partial charge in [0.05, 0.1) is 0 Å². The molecule has 0 bridgehead atoms. The molecule has 1 aromatic rings. The highest BCUT2D eigenvalue weighted by atomic mass is 16.3. The smallest absolute Gasteiger partial charge is 0.104 e. The molecule has 25 heavy (non-hydrogen) atoms. The van der Waals surface area contributed by atoms with Crippen LogP contribution in [0.4, 0.5) is 0 Å². The summed E-state index contributed by atoms with van der Waals surface area (Å²) in [6, 6.07) is 8.31. The fraction of sp³-hybridized carbons (Fsp3) is 0.652. The van der Waals surface area contributed by atoms with Gasteiger partial charge in [0.25, 0.3) is 0 Å². The van der Waals surface area contributed by atoms with Crippen molar-refractivity contribution in [3.8, 4) is 0 Å². The minimum absolute atomic E-state index is 0.406. The molecule has 1 unspecified atom stereocenters. The molecule has 0 saturated heterocycles. The van der Waals surface area contributed by atoms with Gasteiger partial charge in [-0.2, -0.15) is 0 Å². The Morgan fingerprint density at radius 1 is 0.960 bits per heavy atom. The van der Waals surface area contributed by atoms with E-state index in [1.807, 2.05) is 19.1 Å². The second-order valence-electron chi connectivity index (χ2n) is 7.19. The van der Waals surface area contributed by atoms with Crippen molar-refractivity contribution >= 4 is 6.08 Å². The van der Waals surface area contributed by atoms with Crippen molar-refractivity contribution in [1.29, 1.82) is 0 Å². The molecule has 0 saturated carbocycles. The molecule has 1 N–H and O–H groups in total. The van der Waals surface area contributed by atoms with Gasteiger partial charge in [-0.15, -0.1) is 0 Å². The third-order valence-corrected chi connectivity index (χ3v) is 4.98. The standard InChI is InChI=1S/C23H39NO/c1-4-6-7-8-9-10-11-12-13-16-19-24(21(3)25)20-23-18-15-14-17-22(23)5-2/h5,14-15,17-18,21,25H,2,4,6-13,16,19-20H2,1,3H3. The first-order valence-corrected chi connectivity index (χ1v) is 10.3. The van der Waals surface area contributed by atoms with Crippen LogP contribution in [0.25, 0.3) is 6.08 Å². The van der Waals surface area contributed by atoms with E-state index >= 15 is 0 Å². The number of hydrogen-bond donors (Lipinski definition) is 1. The Morgan fingerprint density at radius 3 is 2.08 bits per heavy atom. The van der Waals surface area contributed by atoms with Crippen molar-refractivity contribution in [1.82, 2.24) is 4.90 Å². The van der Waals surface area contributed by atoms with Crippen LogP contribution in [0.15, 0.2) is 30.8 Å². The van der Waals surface area contributed by atoms with Crippen LogP contribution in [0.1, 0.15) is 89.2 Å². The highest BCUT2D eigenvalue weighted by Gasteiger charge is 2.12. The highest BCUT2D eigenvalue weighted by molar-refractivity contribution is 5.51. The number of nitrogens with zero attached hydrogens (tertiary/aromatic N) is 1. The summed E-state index contributed by atoms with van der Waals surface area (Å²) in [5.74, 6) is 0. The Bertz CT molecular complexity index is 455. The molecule has 0 radical (unpaired) electrons. The van der Waals surface area contributed by atoms with E-state index < -0.39 is 6.23 Å². The van der Waals surface area contributed by atoms with Gasteiger partial charge in [0.1, 0.15) is 6.23 Å². The molecule has 0 spiro atoms. The predicted molar refractivity (Wildman–Crippen MR) is 110 cm³/mol. The fourth-order valence-electron chi connectivity index (χ4n) is 3.30. The van der Waals surface area contributed by atoms with Gasteiger partial charge in [0.15, 0.2) is 0 Å². The highest BCUT2D eigenvalue weighted by Crippen LogP contribution is 2.16. The van der Waals surface area contributed by atoms with Gasteiger partial charge in [-0.25, -0.2) is 0 Å².